The standard InChI is InChI=1S/C13H26N2O2/c1-2-17-11-13(16)10-14-6-4-8-15-7-3-5-12(15)9-14/h12-13,16H,2-11H2,1H3. The number of hydrogen-bond acceptors (Lipinski definition) is 4. The van der Waals surface area contributed by atoms with Crippen molar-refractivity contribution in [2.45, 2.75) is 38.3 Å². The minimum atomic E-state index is -0.331. The second kappa shape index (κ2) is 6.69. The van der Waals surface area contributed by atoms with Gasteiger partial charge in [0, 0.05) is 25.7 Å². The fourth-order valence-electron chi connectivity index (χ4n) is 3.05. The van der Waals surface area contributed by atoms with Gasteiger partial charge in [0.1, 0.15) is 0 Å². The number of aliphatic hydroxyl groups excluding tert-OH is 1. The van der Waals surface area contributed by atoms with Crippen LogP contribution in [0.2, 0.25) is 0 Å². The van der Waals surface area contributed by atoms with Gasteiger partial charge in [-0.2, -0.15) is 0 Å². The molecular formula is C13H26N2O2. The quantitative estimate of drug-likeness (QED) is 0.764. The third-order valence-electron chi connectivity index (χ3n) is 3.87. The van der Waals surface area contributed by atoms with Crippen LogP contribution in [-0.2, 0) is 4.74 Å². The molecule has 4 nitrogen and oxygen atoms in total. The fraction of sp³-hybridized carbons (Fsp3) is 1.00. The summed E-state index contributed by atoms with van der Waals surface area (Å²) in [5.74, 6) is 0. The lowest BCUT2D eigenvalue weighted by Gasteiger charge is -2.27. The first-order valence-corrected chi connectivity index (χ1v) is 7.01. The largest absolute Gasteiger partial charge is 0.389 e. The smallest absolute Gasteiger partial charge is 0.0900 e. The van der Waals surface area contributed by atoms with Gasteiger partial charge in [-0.25, -0.2) is 0 Å². The van der Waals surface area contributed by atoms with E-state index in [2.05, 4.69) is 9.80 Å². The number of β-amino-alcohol motifs (C(OH)–C–C–N with tert-alkyl or cyclic N) is 1. The van der Waals surface area contributed by atoms with Crippen molar-refractivity contribution in [2.24, 2.45) is 0 Å². The first-order valence-electron chi connectivity index (χ1n) is 7.01. The zero-order chi connectivity index (χ0) is 12.1. The van der Waals surface area contributed by atoms with Gasteiger partial charge in [0.15, 0.2) is 0 Å². The molecule has 2 saturated heterocycles. The Kier molecular flexibility index (Phi) is 5.22. The Morgan fingerprint density at radius 1 is 1.29 bits per heavy atom. The maximum atomic E-state index is 9.88. The number of hydrogen-bond donors (Lipinski definition) is 1. The lowest BCUT2D eigenvalue weighted by atomic mass is 10.2. The summed E-state index contributed by atoms with van der Waals surface area (Å²) in [5.41, 5.74) is 0. The van der Waals surface area contributed by atoms with E-state index in [1.54, 1.807) is 0 Å². The summed E-state index contributed by atoms with van der Waals surface area (Å²) in [7, 11) is 0. The molecule has 1 N–H and O–H groups in total. The minimum Gasteiger partial charge on any atom is -0.389 e. The maximum absolute atomic E-state index is 9.88. The number of aliphatic hydroxyl groups is 1. The maximum Gasteiger partial charge on any atom is 0.0900 e. The van der Waals surface area contributed by atoms with Gasteiger partial charge < -0.3 is 9.84 Å². The van der Waals surface area contributed by atoms with Gasteiger partial charge in [0.25, 0.3) is 0 Å². The summed E-state index contributed by atoms with van der Waals surface area (Å²) in [5, 5.41) is 9.88. The minimum absolute atomic E-state index is 0.331. The lowest BCUT2D eigenvalue weighted by molar-refractivity contribution is 0.0201. The highest BCUT2D eigenvalue weighted by molar-refractivity contribution is 4.85. The summed E-state index contributed by atoms with van der Waals surface area (Å²) < 4.78 is 5.27. The number of fused-ring (bicyclic) bond motifs is 1. The summed E-state index contributed by atoms with van der Waals surface area (Å²) in [6.07, 6.45) is 3.58. The van der Waals surface area contributed by atoms with Gasteiger partial charge in [-0.1, -0.05) is 0 Å². The molecule has 2 rings (SSSR count). The molecule has 0 aromatic carbocycles. The zero-order valence-corrected chi connectivity index (χ0v) is 11.0. The van der Waals surface area contributed by atoms with Crippen LogP contribution in [-0.4, -0.2) is 73.0 Å². The van der Waals surface area contributed by atoms with Gasteiger partial charge in [0.2, 0.25) is 0 Å². The fourth-order valence-corrected chi connectivity index (χ4v) is 3.05. The van der Waals surface area contributed by atoms with E-state index in [1.807, 2.05) is 6.92 Å². The molecule has 2 unspecified atom stereocenters. The molecule has 0 aromatic rings. The Hall–Kier alpha value is -0.160. The van der Waals surface area contributed by atoms with Crippen LogP contribution < -0.4 is 0 Å². The summed E-state index contributed by atoms with van der Waals surface area (Å²) in [6.45, 7) is 8.66. The molecule has 2 fully saturated rings. The SMILES string of the molecule is CCOCC(O)CN1CCCN2CCCC2C1. The van der Waals surface area contributed by atoms with Crippen LogP contribution in [0, 0.1) is 0 Å². The van der Waals surface area contributed by atoms with E-state index in [4.69, 9.17) is 4.74 Å². The van der Waals surface area contributed by atoms with Crippen molar-refractivity contribution < 1.29 is 9.84 Å². The van der Waals surface area contributed by atoms with Crippen molar-refractivity contribution in [3.63, 3.8) is 0 Å². The molecule has 2 aliphatic rings. The zero-order valence-electron chi connectivity index (χ0n) is 11.0. The van der Waals surface area contributed by atoms with Crippen molar-refractivity contribution >= 4 is 0 Å². The normalized spacial score (nSPS) is 28.9. The van der Waals surface area contributed by atoms with Gasteiger partial charge in [-0.3, -0.25) is 9.80 Å². The third-order valence-corrected chi connectivity index (χ3v) is 3.87. The molecule has 0 spiro atoms. The molecule has 0 amide bonds. The van der Waals surface area contributed by atoms with Crippen molar-refractivity contribution in [1.82, 2.24) is 9.80 Å². The van der Waals surface area contributed by atoms with Gasteiger partial charge in [-0.05, 0) is 45.8 Å². The molecule has 0 saturated carbocycles. The van der Waals surface area contributed by atoms with Crippen LogP contribution in [0.5, 0.6) is 0 Å². The van der Waals surface area contributed by atoms with Crippen LogP contribution in [0.15, 0.2) is 0 Å². The summed E-state index contributed by atoms with van der Waals surface area (Å²) in [4.78, 5) is 5.04. The molecule has 4 heteroatoms. The van der Waals surface area contributed by atoms with E-state index in [9.17, 15) is 5.11 Å². The molecule has 0 aromatic heterocycles. The van der Waals surface area contributed by atoms with Crippen LogP contribution in [0.4, 0.5) is 0 Å². The number of nitrogens with zero attached hydrogens (tertiary/aromatic N) is 2. The number of rotatable bonds is 5. The van der Waals surface area contributed by atoms with Crippen molar-refractivity contribution in [3.05, 3.63) is 0 Å². The van der Waals surface area contributed by atoms with Crippen molar-refractivity contribution in [2.75, 3.05) is 45.9 Å². The molecule has 0 aliphatic carbocycles. The average Bonchev–Trinajstić information content (AvgIpc) is 2.66. The lowest BCUT2D eigenvalue weighted by Crippen LogP contribution is -2.41. The van der Waals surface area contributed by atoms with Gasteiger partial charge in [0.05, 0.1) is 12.7 Å². The Bertz CT molecular complexity index is 225. The van der Waals surface area contributed by atoms with E-state index in [1.165, 1.54) is 32.4 Å². The van der Waals surface area contributed by atoms with Gasteiger partial charge in [-0.15, -0.1) is 0 Å². The van der Waals surface area contributed by atoms with Crippen LogP contribution in [0.25, 0.3) is 0 Å². The first kappa shape index (κ1) is 13.3. The average molecular weight is 242 g/mol. The second-order valence-corrected chi connectivity index (χ2v) is 5.26. The Balaban J connectivity index is 1.76. The van der Waals surface area contributed by atoms with E-state index in [0.29, 0.717) is 13.2 Å². The second-order valence-electron chi connectivity index (χ2n) is 5.26. The highest BCUT2D eigenvalue weighted by atomic mass is 16.5. The summed E-state index contributed by atoms with van der Waals surface area (Å²) >= 11 is 0. The topological polar surface area (TPSA) is 35.9 Å². The Labute approximate surface area is 105 Å². The van der Waals surface area contributed by atoms with E-state index >= 15 is 0 Å². The molecule has 2 heterocycles. The predicted octanol–water partition coefficient (Wildman–Crippen LogP) is 0.554. The van der Waals surface area contributed by atoms with Crippen LogP contribution in [0.3, 0.4) is 0 Å². The Morgan fingerprint density at radius 2 is 2.12 bits per heavy atom. The molecule has 17 heavy (non-hydrogen) atoms. The molecule has 0 radical (unpaired) electrons. The van der Waals surface area contributed by atoms with E-state index < -0.39 is 0 Å². The monoisotopic (exact) mass is 242 g/mol. The summed E-state index contributed by atoms with van der Waals surface area (Å²) in [6, 6.07) is 0.733. The molecule has 2 aliphatic heterocycles. The highest BCUT2D eigenvalue weighted by Crippen LogP contribution is 2.21. The van der Waals surface area contributed by atoms with Crippen LogP contribution >= 0.6 is 0 Å². The van der Waals surface area contributed by atoms with Crippen molar-refractivity contribution in [1.29, 1.82) is 0 Å². The van der Waals surface area contributed by atoms with Gasteiger partial charge >= 0.3 is 0 Å². The first-order chi connectivity index (χ1) is 8.29. The van der Waals surface area contributed by atoms with Crippen LogP contribution in [0.1, 0.15) is 26.2 Å². The van der Waals surface area contributed by atoms with Crippen molar-refractivity contribution in [3.8, 4) is 0 Å². The van der Waals surface area contributed by atoms with E-state index in [0.717, 1.165) is 25.7 Å². The molecule has 2 atom stereocenters. The van der Waals surface area contributed by atoms with E-state index in [-0.39, 0.29) is 6.10 Å². The predicted molar refractivity (Wildman–Crippen MR) is 68.2 cm³/mol. The number of ether oxygens (including phenoxy) is 1. The third kappa shape index (κ3) is 3.91. The molecule has 100 valence electrons. The molecule has 0 bridgehead atoms. The molecular weight excluding hydrogens is 216 g/mol. The highest BCUT2D eigenvalue weighted by Gasteiger charge is 2.29. The Morgan fingerprint density at radius 3 is 2.94 bits per heavy atom.